The summed E-state index contributed by atoms with van der Waals surface area (Å²) in [5, 5.41) is 0. The molecule has 1 aliphatic rings. The van der Waals surface area contributed by atoms with Crippen molar-refractivity contribution in [2.24, 2.45) is 16.9 Å². The summed E-state index contributed by atoms with van der Waals surface area (Å²) in [6.45, 7) is 16.1. The van der Waals surface area contributed by atoms with Gasteiger partial charge in [0.15, 0.2) is 0 Å². The fraction of sp³-hybridized carbons (Fsp3) is 0.625. The number of allylic oxidation sites excluding steroid dienone is 4. The Kier molecular flexibility index (Phi) is 5.54. The lowest BCUT2D eigenvalue weighted by Gasteiger charge is -2.28. The molecule has 0 aromatic heterocycles. The van der Waals surface area contributed by atoms with Gasteiger partial charge in [-0.25, -0.2) is 0 Å². The van der Waals surface area contributed by atoms with Gasteiger partial charge in [-0.05, 0) is 30.4 Å². The molecule has 0 radical (unpaired) electrons. The second-order valence-electron chi connectivity index (χ2n) is 6.65. The van der Waals surface area contributed by atoms with Crippen LogP contribution in [0, 0.1) is 5.41 Å². The molecular formula is C16H30N4. The number of hydrogen-bond acceptors (Lipinski definition) is 4. The summed E-state index contributed by atoms with van der Waals surface area (Å²) >= 11 is 0. The van der Waals surface area contributed by atoms with Crippen molar-refractivity contribution in [2.45, 2.75) is 40.5 Å². The van der Waals surface area contributed by atoms with Crippen molar-refractivity contribution < 1.29 is 0 Å². The first kappa shape index (κ1) is 16.5. The molecule has 0 saturated carbocycles. The van der Waals surface area contributed by atoms with Gasteiger partial charge in [0.05, 0.1) is 12.5 Å². The quantitative estimate of drug-likeness (QED) is 0.759. The Morgan fingerprint density at radius 2 is 1.75 bits per heavy atom. The average Bonchev–Trinajstić information content (AvgIpc) is 2.76. The molecule has 0 aromatic carbocycles. The molecule has 1 aliphatic heterocycles. The van der Waals surface area contributed by atoms with Crippen LogP contribution in [0.25, 0.3) is 0 Å². The maximum Gasteiger partial charge on any atom is 0.0934 e. The standard InChI is InChI=1S/C16H30N4/c1-6-14(7-8-15(17)18)20-10-9-19(12-20)13(2)11-16(3,4)5/h7-8H,2,6,9-12,17-18H2,1,3-5H3/b14-7+. The molecule has 114 valence electrons. The highest BCUT2D eigenvalue weighted by Gasteiger charge is 2.24. The van der Waals surface area contributed by atoms with Gasteiger partial charge in [0.1, 0.15) is 0 Å². The van der Waals surface area contributed by atoms with E-state index in [4.69, 9.17) is 11.5 Å². The van der Waals surface area contributed by atoms with E-state index >= 15 is 0 Å². The Morgan fingerprint density at radius 3 is 2.25 bits per heavy atom. The second-order valence-corrected chi connectivity index (χ2v) is 6.65. The molecule has 0 unspecified atom stereocenters. The van der Waals surface area contributed by atoms with Gasteiger partial charge in [-0.2, -0.15) is 0 Å². The van der Waals surface area contributed by atoms with Gasteiger partial charge in [-0.1, -0.05) is 34.3 Å². The maximum absolute atomic E-state index is 5.49. The van der Waals surface area contributed by atoms with E-state index in [-0.39, 0.29) is 5.41 Å². The Hall–Kier alpha value is -1.58. The average molecular weight is 278 g/mol. The van der Waals surface area contributed by atoms with Gasteiger partial charge < -0.3 is 21.3 Å². The first-order valence-corrected chi connectivity index (χ1v) is 7.32. The molecular weight excluding hydrogens is 248 g/mol. The Bertz CT molecular complexity index is 397. The molecule has 0 aromatic rings. The maximum atomic E-state index is 5.49. The topological polar surface area (TPSA) is 58.5 Å². The van der Waals surface area contributed by atoms with Gasteiger partial charge in [0, 0.05) is 24.5 Å². The van der Waals surface area contributed by atoms with Crippen LogP contribution in [0.15, 0.2) is 35.9 Å². The van der Waals surface area contributed by atoms with Crippen LogP contribution in [-0.4, -0.2) is 29.6 Å². The highest BCUT2D eigenvalue weighted by atomic mass is 15.4. The van der Waals surface area contributed by atoms with E-state index in [9.17, 15) is 0 Å². The summed E-state index contributed by atoms with van der Waals surface area (Å²) in [6, 6.07) is 0. The molecule has 0 atom stereocenters. The lowest BCUT2D eigenvalue weighted by molar-refractivity contribution is 0.288. The largest absolute Gasteiger partial charge is 0.386 e. The molecule has 4 heteroatoms. The van der Waals surface area contributed by atoms with E-state index < -0.39 is 0 Å². The van der Waals surface area contributed by atoms with Crippen LogP contribution in [0.2, 0.25) is 0 Å². The molecule has 1 heterocycles. The third-order valence-electron chi connectivity index (χ3n) is 3.40. The fourth-order valence-corrected chi connectivity index (χ4v) is 2.44. The molecule has 4 nitrogen and oxygen atoms in total. The van der Waals surface area contributed by atoms with Crippen molar-refractivity contribution in [3.63, 3.8) is 0 Å². The molecule has 1 saturated heterocycles. The monoisotopic (exact) mass is 278 g/mol. The van der Waals surface area contributed by atoms with Crippen molar-refractivity contribution in [1.29, 1.82) is 0 Å². The van der Waals surface area contributed by atoms with Crippen LogP contribution >= 0.6 is 0 Å². The molecule has 1 fully saturated rings. The molecule has 0 bridgehead atoms. The predicted octanol–water partition coefficient (Wildman–Crippen LogP) is 2.56. The first-order chi connectivity index (χ1) is 9.23. The third kappa shape index (κ3) is 5.19. The summed E-state index contributed by atoms with van der Waals surface area (Å²) in [5.41, 5.74) is 13.8. The molecule has 0 amide bonds. The van der Waals surface area contributed by atoms with Gasteiger partial charge >= 0.3 is 0 Å². The van der Waals surface area contributed by atoms with E-state index in [0.29, 0.717) is 5.82 Å². The van der Waals surface area contributed by atoms with Crippen LogP contribution in [0.4, 0.5) is 0 Å². The van der Waals surface area contributed by atoms with E-state index in [2.05, 4.69) is 44.1 Å². The Morgan fingerprint density at radius 1 is 1.15 bits per heavy atom. The summed E-state index contributed by atoms with van der Waals surface area (Å²) in [6.07, 6.45) is 5.79. The molecule has 4 N–H and O–H groups in total. The van der Waals surface area contributed by atoms with Crippen LogP contribution in [0.3, 0.4) is 0 Å². The Balaban J connectivity index is 2.64. The molecule has 0 spiro atoms. The Labute approximate surface area is 123 Å². The van der Waals surface area contributed by atoms with Crippen LogP contribution in [-0.2, 0) is 0 Å². The van der Waals surface area contributed by atoms with Crippen molar-refractivity contribution in [2.75, 3.05) is 19.8 Å². The number of rotatable bonds is 5. The van der Waals surface area contributed by atoms with Crippen molar-refractivity contribution in [3.05, 3.63) is 35.9 Å². The predicted molar refractivity (Wildman–Crippen MR) is 86.3 cm³/mol. The highest BCUT2D eigenvalue weighted by molar-refractivity contribution is 5.15. The van der Waals surface area contributed by atoms with Crippen molar-refractivity contribution in [1.82, 2.24) is 9.80 Å². The zero-order valence-corrected chi connectivity index (χ0v) is 13.4. The minimum absolute atomic E-state index is 0.282. The number of hydrogen-bond donors (Lipinski definition) is 2. The SMILES string of the molecule is C=C(CC(C)(C)C)N1CCN(/C(=C/C=C(N)N)CC)C1. The third-order valence-corrected chi connectivity index (χ3v) is 3.40. The van der Waals surface area contributed by atoms with Crippen LogP contribution < -0.4 is 11.5 Å². The molecule has 20 heavy (non-hydrogen) atoms. The van der Waals surface area contributed by atoms with Crippen LogP contribution in [0.1, 0.15) is 40.5 Å². The minimum Gasteiger partial charge on any atom is -0.386 e. The lowest BCUT2D eigenvalue weighted by Crippen LogP contribution is -2.26. The van der Waals surface area contributed by atoms with Gasteiger partial charge in [-0.3, -0.25) is 0 Å². The highest BCUT2D eigenvalue weighted by Crippen LogP contribution is 2.27. The zero-order chi connectivity index (χ0) is 15.3. The fourth-order valence-electron chi connectivity index (χ4n) is 2.44. The van der Waals surface area contributed by atoms with E-state index in [1.165, 1.54) is 11.4 Å². The van der Waals surface area contributed by atoms with E-state index in [0.717, 1.165) is 32.6 Å². The summed E-state index contributed by atoms with van der Waals surface area (Å²) < 4.78 is 0. The van der Waals surface area contributed by atoms with Gasteiger partial charge in [0.25, 0.3) is 0 Å². The summed E-state index contributed by atoms with van der Waals surface area (Å²) in [4.78, 5) is 4.73. The number of nitrogens with two attached hydrogens (primary N) is 2. The van der Waals surface area contributed by atoms with Crippen LogP contribution in [0.5, 0.6) is 0 Å². The zero-order valence-electron chi connectivity index (χ0n) is 13.4. The number of nitrogens with zero attached hydrogens (tertiary/aromatic N) is 2. The summed E-state index contributed by atoms with van der Waals surface area (Å²) in [5.74, 6) is 0.351. The first-order valence-electron chi connectivity index (χ1n) is 7.32. The smallest absolute Gasteiger partial charge is 0.0934 e. The van der Waals surface area contributed by atoms with Crippen molar-refractivity contribution >= 4 is 0 Å². The second kappa shape index (κ2) is 6.73. The molecule has 0 aliphatic carbocycles. The van der Waals surface area contributed by atoms with E-state index in [1.54, 1.807) is 6.08 Å². The van der Waals surface area contributed by atoms with Gasteiger partial charge in [-0.15, -0.1) is 0 Å². The molecule has 1 rings (SSSR count). The van der Waals surface area contributed by atoms with Gasteiger partial charge in [0.2, 0.25) is 0 Å². The normalized spacial score (nSPS) is 16.5. The van der Waals surface area contributed by atoms with Crippen molar-refractivity contribution in [3.8, 4) is 0 Å². The van der Waals surface area contributed by atoms with E-state index in [1.807, 2.05) is 6.08 Å². The minimum atomic E-state index is 0.282. The lowest BCUT2D eigenvalue weighted by atomic mass is 9.90. The summed E-state index contributed by atoms with van der Waals surface area (Å²) in [7, 11) is 0.